The van der Waals surface area contributed by atoms with Gasteiger partial charge < -0.3 is 0 Å². The number of rotatable bonds is 3. The third-order valence-electron chi connectivity index (χ3n) is 3.43. The molecule has 1 heterocycles. The van der Waals surface area contributed by atoms with Crippen LogP contribution in [-0.4, -0.2) is 29.8 Å². The van der Waals surface area contributed by atoms with Crippen molar-refractivity contribution in [2.45, 2.75) is 32.2 Å². The summed E-state index contributed by atoms with van der Waals surface area (Å²) in [6.07, 6.45) is 1.77. The Balaban J connectivity index is 1.93. The summed E-state index contributed by atoms with van der Waals surface area (Å²) in [7, 11) is 0. The number of hydrogen-bond acceptors (Lipinski definition) is 2. The third-order valence-corrected chi connectivity index (χ3v) is 3.43. The molecular weight excluding hydrogens is 236 g/mol. The number of carbonyl (C=O) groups is 1. The number of ketones is 1. The van der Waals surface area contributed by atoms with Gasteiger partial charge in [0.2, 0.25) is 0 Å². The van der Waals surface area contributed by atoms with Crippen molar-refractivity contribution in [2.75, 3.05) is 13.1 Å². The molecule has 0 aromatic heterocycles. The normalized spacial score (nSPS) is 21.3. The van der Waals surface area contributed by atoms with Gasteiger partial charge in [-0.15, -0.1) is 0 Å². The SMILES string of the molecule is CC1CC(=O)CCN1CCc1cc(F)cc(F)c1. The van der Waals surface area contributed by atoms with Gasteiger partial charge in [0.05, 0.1) is 0 Å². The monoisotopic (exact) mass is 253 g/mol. The van der Waals surface area contributed by atoms with Crippen molar-refractivity contribution >= 4 is 5.78 Å². The molecule has 0 radical (unpaired) electrons. The number of nitrogens with zero attached hydrogens (tertiary/aromatic N) is 1. The molecule has 4 heteroatoms. The zero-order valence-electron chi connectivity index (χ0n) is 10.5. The number of carbonyl (C=O) groups excluding carboxylic acids is 1. The Bertz CT molecular complexity index is 427. The highest BCUT2D eigenvalue weighted by Crippen LogP contribution is 2.15. The number of halogens is 2. The Kier molecular flexibility index (Phi) is 4.07. The highest BCUT2D eigenvalue weighted by molar-refractivity contribution is 5.79. The lowest BCUT2D eigenvalue weighted by Crippen LogP contribution is -2.42. The molecule has 0 aliphatic carbocycles. The highest BCUT2D eigenvalue weighted by atomic mass is 19.1. The van der Waals surface area contributed by atoms with Gasteiger partial charge in [-0.1, -0.05) is 0 Å². The Morgan fingerprint density at radius 2 is 1.94 bits per heavy atom. The van der Waals surface area contributed by atoms with E-state index in [-0.39, 0.29) is 6.04 Å². The molecule has 1 aliphatic rings. The van der Waals surface area contributed by atoms with E-state index in [0.717, 1.165) is 19.2 Å². The average molecular weight is 253 g/mol. The fraction of sp³-hybridized carbons (Fsp3) is 0.500. The molecule has 0 bridgehead atoms. The van der Waals surface area contributed by atoms with E-state index in [0.29, 0.717) is 30.6 Å². The molecule has 98 valence electrons. The molecule has 2 rings (SSSR count). The summed E-state index contributed by atoms with van der Waals surface area (Å²) in [4.78, 5) is 13.5. The summed E-state index contributed by atoms with van der Waals surface area (Å²) >= 11 is 0. The molecule has 1 atom stereocenters. The summed E-state index contributed by atoms with van der Waals surface area (Å²) in [6.45, 7) is 3.50. The van der Waals surface area contributed by atoms with Crippen molar-refractivity contribution in [3.63, 3.8) is 0 Å². The van der Waals surface area contributed by atoms with E-state index in [1.165, 1.54) is 12.1 Å². The first-order chi connectivity index (χ1) is 8.54. The van der Waals surface area contributed by atoms with Crippen molar-refractivity contribution in [3.05, 3.63) is 35.4 Å². The second kappa shape index (κ2) is 5.57. The number of likely N-dealkylation sites (tertiary alicyclic amines) is 1. The fourth-order valence-electron chi connectivity index (χ4n) is 2.41. The van der Waals surface area contributed by atoms with Crippen LogP contribution >= 0.6 is 0 Å². The lowest BCUT2D eigenvalue weighted by Gasteiger charge is -2.32. The van der Waals surface area contributed by atoms with Gasteiger partial charge in [-0.3, -0.25) is 9.69 Å². The Labute approximate surface area is 106 Å². The van der Waals surface area contributed by atoms with Crippen molar-refractivity contribution in [1.82, 2.24) is 4.90 Å². The molecule has 1 fully saturated rings. The smallest absolute Gasteiger partial charge is 0.135 e. The fourth-order valence-corrected chi connectivity index (χ4v) is 2.41. The lowest BCUT2D eigenvalue weighted by atomic mass is 10.0. The zero-order valence-corrected chi connectivity index (χ0v) is 10.5. The largest absolute Gasteiger partial charge is 0.300 e. The minimum atomic E-state index is -0.535. The van der Waals surface area contributed by atoms with E-state index in [1.807, 2.05) is 6.92 Å². The minimum Gasteiger partial charge on any atom is -0.300 e. The van der Waals surface area contributed by atoms with Crippen LogP contribution in [0.2, 0.25) is 0 Å². The van der Waals surface area contributed by atoms with Gasteiger partial charge in [-0.25, -0.2) is 8.78 Å². The van der Waals surface area contributed by atoms with E-state index < -0.39 is 11.6 Å². The first-order valence-corrected chi connectivity index (χ1v) is 6.25. The maximum absolute atomic E-state index is 13.0. The van der Waals surface area contributed by atoms with Crippen molar-refractivity contribution in [2.24, 2.45) is 0 Å². The van der Waals surface area contributed by atoms with Crippen molar-refractivity contribution in [3.8, 4) is 0 Å². The number of piperidine rings is 1. The van der Waals surface area contributed by atoms with Crippen LogP contribution in [0.1, 0.15) is 25.3 Å². The quantitative estimate of drug-likeness (QED) is 0.825. The summed E-state index contributed by atoms with van der Waals surface area (Å²) in [5, 5.41) is 0. The number of benzene rings is 1. The predicted molar refractivity (Wildman–Crippen MR) is 65.3 cm³/mol. The molecule has 1 unspecified atom stereocenters. The lowest BCUT2D eigenvalue weighted by molar-refractivity contribution is -0.122. The minimum absolute atomic E-state index is 0.227. The van der Waals surface area contributed by atoms with Gasteiger partial charge in [0, 0.05) is 38.0 Å². The van der Waals surface area contributed by atoms with Crippen LogP contribution in [0.25, 0.3) is 0 Å². The van der Waals surface area contributed by atoms with E-state index in [2.05, 4.69) is 4.90 Å². The van der Waals surface area contributed by atoms with Gasteiger partial charge in [-0.2, -0.15) is 0 Å². The first kappa shape index (κ1) is 13.1. The van der Waals surface area contributed by atoms with Gasteiger partial charge in [-0.05, 0) is 31.0 Å². The van der Waals surface area contributed by atoms with Crippen molar-refractivity contribution < 1.29 is 13.6 Å². The Morgan fingerprint density at radius 1 is 1.28 bits per heavy atom. The molecule has 1 aliphatic heterocycles. The Morgan fingerprint density at radius 3 is 2.56 bits per heavy atom. The maximum Gasteiger partial charge on any atom is 0.135 e. The standard InChI is InChI=1S/C14H17F2NO/c1-10-6-14(18)3-5-17(10)4-2-11-7-12(15)9-13(16)8-11/h7-10H,2-6H2,1H3. The van der Waals surface area contributed by atoms with Crippen LogP contribution in [0.3, 0.4) is 0 Å². The van der Waals surface area contributed by atoms with Crippen LogP contribution in [0.5, 0.6) is 0 Å². The van der Waals surface area contributed by atoms with E-state index >= 15 is 0 Å². The highest BCUT2D eigenvalue weighted by Gasteiger charge is 2.22. The van der Waals surface area contributed by atoms with Crippen LogP contribution in [0.15, 0.2) is 18.2 Å². The van der Waals surface area contributed by atoms with Gasteiger partial charge in [0.25, 0.3) is 0 Å². The molecule has 0 amide bonds. The summed E-state index contributed by atoms with van der Waals surface area (Å²) < 4.78 is 26.0. The van der Waals surface area contributed by atoms with Gasteiger partial charge in [0.15, 0.2) is 0 Å². The summed E-state index contributed by atoms with van der Waals surface area (Å²) in [5.41, 5.74) is 0.664. The molecule has 18 heavy (non-hydrogen) atoms. The van der Waals surface area contributed by atoms with Gasteiger partial charge >= 0.3 is 0 Å². The maximum atomic E-state index is 13.0. The second-order valence-electron chi connectivity index (χ2n) is 4.91. The second-order valence-corrected chi connectivity index (χ2v) is 4.91. The van der Waals surface area contributed by atoms with Crippen LogP contribution in [0, 0.1) is 11.6 Å². The Hall–Kier alpha value is -1.29. The van der Waals surface area contributed by atoms with E-state index in [9.17, 15) is 13.6 Å². The molecular formula is C14H17F2NO. The molecule has 0 saturated carbocycles. The number of hydrogen-bond donors (Lipinski definition) is 0. The molecule has 0 N–H and O–H groups in total. The number of Topliss-reactive ketones (excluding diaryl/α,β-unsaturated/α-hetero) is 1. The van der Waals surface area contributed by atoms with Crippen LogP contribution in [-0.2, 0) is 11.2 Å². The molecule has 1 aromatic rings. The topological polar surface area (TPSA) is 20.3 Å². The zero-order chi connectivity index (χ0) is 13.1. The summed E-state index contributed by atoms with van der Waals surface area (Å²) in [5.74, 6) is -0.769. The van der Waals surface area contributed by atoms with Gasteiger partial charge in [0.1, 0.15) is 17.4 Å². The average Bonchev–Trinajstić information content (AvgIpc) is 2.26. The predicted octanol–water partition coefficient (Wildman–Crippen LogP) is 2.56. The van der Waals surface area contributed by atoms with Crippen LogP contribution in [0.4, 0.5) is 8.78 Å². The molecule has 1 saturated heterocycles. The van der Waals surface area contributed by atoms with Crippen molar-refractivity contribution in [1.29, 1.82) is 0 Å². The molecule has 2 nitrogen and oxygen atoms in total. The summed E-state index contributed by atoms with van der Waals surface area (Å²) in [6, 6.07) is 3.84. The van der Waals surface area contributed by atoms with E-state index in [4.69, 9.17) is 0 Å². The third kappa shape index (κ3) is 3.35. The molecule has 1 aromatic carbocycles. The first-order valence-electron chi connectivity index (χ1n) is 6.25. The molecule has 0 spiro atoms. The van der Waals surface area contributed by atoms with E-state index in [1.54, 1.807) is 0 Å². The van der Waals surface area contributed by atoms with Crippen LogP contribution < -0.4 is 0 Å².